The molecule has 0 bridgehead atoms. The minimum Gasteiger partial charge on any atom is -0.356 e. The standard InChI is InChI=1S/C19H28N2O4S/c1-4-5-10-20-18(22)16-7-6-11-21(13-16)19(23)15-9-8-14(2)17(12-15)26(3,24)25/h8-9,12,16H,4-7,10-11,13H2,1-3H3,(H,20,22). The van der Waals surface area contributed by atoms with E-state index < -0.39 is 9.84 Å². The van der Waals surface area contributed by atoms with E-state index in [1.165, 1.54) is 6.07 Å². The lowest BCUT2D eigenvalue weighted by molar-refractivity contribution is -0.126. The Morgan fingerprint density at radius 1 is 1.31 bits per heavy atom. The molecule has 7 heteroatoms. The first-order valence-corrected chi connectivity index (χ1v) is 11.0. The molecular formula is C19H28N2O4S. The summed E-state index contributed by atoms with van der Waals surface area (Å²) < 4.78 is 23.8. The van der Waals surface area contributed by atoms with Gasteiger partial charge < -0.3 is 10.2 Å². The van der Waals surface area contributed by atoms with Crippen LogP contribution in [0, 0.1) is 12.8 Å². The van der Waals surface area contributed by atoms with Crippen LogP contribution in [0.2, 0.25) is 0 Å². The number of carbonyl (C=O) groups excluding carboxylic acids is 2. The molecule has 1 saturated heterocycles. The van der Waals surface area contributed by atoms with Crippen molar-refractivity contribution in [2.45, 2.75) is 44.4 Å². The Morgan fingerprint density at radius 2 is 2.04 bits per heavy atom. The van der Waals surface area contributed by atoms with Gasteiger partial charge in [-0.05, 0) is 43.9 Å². The molecule has 1 atom stereocenters. The van der Waals surface area contributed by atoms with Gasteiger partial charge in [-0.15, -0.1) is 0 Å². The zero-order chi connectivity index (χ0) is 19.3. The Balaban J connectivity index is 2.11. The van der Waals surface area contributed by atoms with E-state index in [1.54, 1.807) is 24.0 Å². The number of carbonyl (C=O) groups is 2. The highest BCUT2D eigenvalue weighted by molar-refractivity contribution is 7.90. The van der Waals surface area contributed by atoms with E-state index in [1.807, 2.05) is 0 Å². The first-order chi connectivity index (χ1) is 12.2. The monoisotopic (exact) mass is 380 g/mol. The van der Waals surface area contributed by atoms with Crippen LogP contribution in [0.4, 0.5) is 0 Å². The van der Waals surface area contributed by atoms with Crippen molar-refractivity contribution in [2.24, 2.45) is 5.92 Å². The molecule has 1 unspecified atom stereocenters. The normalized spacial score (nSPS) is 17.8. The smallest absolute Gasteiger partial charge is 0.253 e. The van der Waals surface area contributed by atoms with Gasteiger partial charge in [0.25, 0.3) is 5.91 Å². The van der Waals surface area contributed by atoms with Gasteiger partial charge in [0.15, 0.2) is 9.84 Å². The first-order valence-electron chi connectivity index (χ1n) is 9.11. The highest BCUT2D eigenvalue weighted by Gasteiger charge is 2.29. The summed E-state index contributed by atoms with van der Waals surface area (Å²) in [6.07, 6.45) is 4.64. The van der Waals surface area contributed by atoms with Crippen molar-refractivity contribution in [1.29, 1.82) is 0 Å². The van der Waals surface area contributed by atoms with Gasteiger partial charge >= 0.3 is 0 Å². The van der Waals surface area contributed by atoms with Crippen LogP contribution in [0.3, 0.4) is 0 Å². The number of sulfone groups is 1. The van der Waals surface area contributed by atoms with Crippen LogP contribution >= 0.6 is 0 Å². The quantitative estimate of drug-likeness (QED) is 0.767. The molecule has 6 nitrogen and oxygen atoms in total. The molecule has 0 aromatic heterocycles. The summed E-state index contributed by atoms with van der Waals surface area (Å²) in [5, 5.41) is 2.93. The molecule has 0 saturated carbocycles. The van der Waals surface area contributed by atoms with E-state index in [-0.39, 0.29) is 22.6 Å². The largest absolute Gasteiger partial charge is 0.356 e. The summed E-state index contributed by atoms with van der Waals surface area (Å²) in [7, 11) is -3.39. The number of amides is 2. The van der Waals surface area contributed by atoms with Crippen molar-refractivity contribution < 1.29 is 18.0 Å². The number of rotatable bonds is 6. The number of likely N-dealkylation sites (tertiary alicyclic amines) is 1. The molecule has 1 heterocycles. The van der Waals surface area contributed by atoms with Crippen LogP contribution in [-0.4, -0.2) is 51.0 Å². The summed E-state index contributed by atoms with van der Waals surface area (Å²) in [6, 6.07) is 4.75. The predicted molar refractivity (Wildman–Crippen MR) is 101 cm³/mol. The molecule has 1 aliphatic heterocycles. The minimum atomic E-state index is -3.39. The Hall–Kier alpha value is -1.89. The lowest BCUT2D eigenvalue weighted by Crippen LogP contribution is -2.45. The SMILES string of the molecule is CCCCNC(=O)C1CCCN(C(=O)c2ccc(C)c(S(C)(=O)=O)c2)C1. The molecule has 1 aromatic carbocycles. The number of aryl methyl sites for hydroxylation is 1. The van der Waals surface area contributed by atoms with Crippen LogP contribution < -0.4 is 5.32 Å². The van der Waals surface area contributed by atoms with Crippen LogP contribution in [0.15, 0.2) is 23.1 Å². The summed E-state index contributed by atoms with van der Waals surface area (Å²) in [5.74, 6) is -0.429. The van der Waals surface area contributed by atoms with E-state index in [0.717, 1.165) is 31.9 Å². The Labute approximate surface area is 155 Å². The third-order valence-electron chi connectivity index (χ3n) is 4.74. The zero-order valence-corrected chi connectivity index (χ0v) is 16.6. The molecular weight excluding hydrogens is 352 g/mol. The maximum atomic E-state index is 12.8. The maximum absolute atomic E-state index is 12.8. The predicted octanol–water partition coefficient (Wildman–Crippen LogP) is 2.17. The average Bonchev–Trinajstić information content (AvgIpc) is 2.60. The van der Waals surface area contributed by atoms with Crippen molar-refractivity contribution in [1.82, 2.24) is 10.2 Å². The molecule has 2 rings (SSSR count). The fraction of sp³-hybridized carbons (Fsp3) is 0.579. The molecule has 1 aliphatic rings. The molecule has 144 valence electrons. The van der Waals surface area contributed by atoms with Crippen molar-refractivity contribution in [2.75, 3.05) is 25.9 Å². The Kier molecular flexibility index (Phi) is 6.81. The zero-order valence-electron chi connectivity index (χ0n) is 15.7. The van der Waals surface area contributed by atoms with Crippen molar-refractivity contribution in [3.05, 3.63) is 29.3 Å². The van der Waals surface area contributed by atoms with Crippen LogP contribution in [-0.2, 0) is 14.6 Å². The topological polar surface area (TPSA) is 83.6 Å². The van der Waals surface area contributed by atoms with Crippen molar-refractivity contribution in [3.63, 3.8) is 0 Å². The second-order valence-corrected chi connectivity index (χ2v) is 8.97. The van der Waals surface area contributed by atoms with E-state index in [0.29, 0.717) is 30.8 Å². The third-order valence-corrected chi connectivity index (χ3v) is 5.98. The molecule has 1 N–H and O–H groups in total. The molecule has 2 amide bonds. The highest BCUT2D eigenvalue weighted by Crippen LogP contribution is 2.22. The lowest BCUT2D eigenvalue weighted by atomic mass is 9.96. The van der Waals surface area contributed by atoms with Gasteiger partial charge in [-0.25, -0.2) is 8.42 Å². The third kappa shape index (κ3) is 5.06. The van der Waals surface area contributed by atoms with Crippen molar-refractivity contribution >= 4 is 21.7 Å². The molecule has 0 spiro atoms. The van der Waals surface area contributed by atoms with Crippen LogP contribution in [0.25, 0.3) is 0 Å². The van der Waals surface area contributed by atoms with Gasteiger partial charge in [-0.2, -0.15) is 0 Å². The number of piperidine rings is 1. The van der Waals surface area contributed by atoms with E-state index in [2.05, 4.69) is 12.2 Å². The van der Waals surface area contributed by atoms with Gasteiger partial charge in [-0.1, -0.05) is 19.4 Å². The van der Waals surface area contributed by atoms with Crippen LogP contribution in [0.5, 0.6) is 0 Å². The number of nitrogens with one attached hydrogen (secondary N) is 1. The van der Waals surface area contributed by atoms with E-state index in [4.69, 9.17) is 0 Å². The second-order valence-electron chi connectivity index (χ2n) is 6.99. The minimum absolute atomic E-state index is 0.00307. The molecule has 26 heavy (non-hydrogen) atoms. The van der Waals surface area contributed by atoms with Gasteiger partial charge in [0, 0.05) is 31.5 Å². The number of unbranched alkanes of at least 4 members (excludes halogenated alkanes) is 1. The van der Waals surface area contributed by atoms with Gasteiger partial charge in [0.2, 0.25) is 5.91 Å². The summed E-state index contributed by atoms with van der Waals surface area (Å²) >= 11 is 0. The maximum Gasteiger partial charge on any atom is 0.253 e. The summed E-state index contributed by atoms with van der Waals surface area (Å²) in [5.41, 5.74) is 0.971. The fourth-order valence-electron chi connectivity index (χ4n) is 3.22. The van der Waals surface area contributed by atoms with Gasteiger partial charge in [0.05, 0.1) is 10.8 Å². The summed E-state index contributed by atoms with van der Waals surface area (Å²) in [4.78, 5) is 26.9. The summed E-state index contributed by atoms with van der Waals surface area (Å²) in [6.45, 7) is 5.40. The Morgan fingerprint density at radius 3 is 2.69 bits per heavy atom. The first kappa shape index (κ1) is 20.4. The fourth-order valence-corrected chi connectivity index (χ4v) is 4.22. The molecule has 0 aliphatic carbocycles. The van der Waals surface area contributed by atoms with Gasteiger partial charge in [0.1, 0.15) is 0 Å². The number of hydrogen-bond acceptors (Lipinski definition) is 4. The number of nitrogens with zero attached hydrogens (tertiary/aromatic N) is 1. The average molecular weight is 381 g/mol. The van der Waals surface area contributed by atoms with Crippen molar-refractivity contribution in [3.8, 4) is 0 Å². The molecule has 1 fully saturated rings. The van der Waals surface area contributed by atoms with E-state index in [9.17, 15) is 18.0 Å². The van der Waals surface area contributed by atoms with Crippen LogP contribution in [0.1, 0.15) is 48.5 Å². The lowest BCUT2D eigenvalue weighted by Gasteiger charge is -2.32. The second kappa shape index (κ2) is 8.66. The Bertz CT molecular complexity index is 774. The number of benzene rings is 1. The molecule has 0 radical (unpaired) electrons. The highest BCUT2D eigenvalue weighted by atomic mass is 32.2. The molecule has 1 aromatic rings. The van der Waals surface area contributed by atoms with Gasteiger partial charge in [-0.3, -0.25) is 9.59 Å². The number of hydrogen-bond donors (Lipinski definition) is 1. The van der Waals surface area contributed by atoms with E-state index >= 15 is 0 Å².